The Morgan fingerprint density at radius 1 is 0.966 bits per heavy atom. The van der Waals surface area contributed by atoms with Gasteiger partial charge in [0.05, 0.1) is 5.52 Å². The van der Waals surface area contributed by atoms with Crippen molar-refractivity contribution in [3.8, 4) is 0 Å². The fourth-order valence-electron chi connectivity index (χ4n) is 3.79. The maximum atomic E-state index is 12.9. The summed E-state index contributed by atoms with van der Waals surface area (Å²) in [4.78, 5) is 29.1. The molecule has 29 heavy (non-hydrogen) atoms. The number of hydrogen-bond acceptors (Lipinski definition) is 3. The van der Waals surface area contributed by atoms with E-state index in [1.165, 1.54) is 11.6 Å². The molecule has 4 rings (SSSR count). The van der Waals surface area contributed by atoms with Crippen molar-refractivity contribution in [2.45, 2.75) is 13.5 Å². The van der Waals surface area contributed by atoms with E-state index in [4.69, 9.17) is 23.2 Å². The largest absolute Gasteiger partial charge is 0.368 e. The quantitative estimate of drug-likeness (QED) is 0.632. The molecule has 0 N–H and O–H groups in total. The third-order valence-corrected chi connectivity index (χ3v) is 5.86. The first kappa shape index (κ1) is 19.8. The second kappa shape index (κ2) is 8.09. The summed E-state index contributed by atoms with van der Waals surface area (Å²) in [5.74, 6) is 0.0346. The SMILES string of the molecule is Cc1ccc(Cl)cc1N1CCN(C(=O)Cn2ccc(=O)c3cc(Cl)ccc32)CC1. The molecule has 1 amide bonds. The van der Waals surface area contributed by atoms with E-state index in [-0.39, 0.29) is 17.9 Å². The maximum Gasteiger partial charge on any atom is 0.242 e. The number of piperazine rings is 1. The van der Waals surface area contributed by atoms with Crippen LogP contribution < -0.4 is 10.3 Å². The Morgan fingerprint density at radius 2 is 1.66 bits per heavy atom. The number of anilines is 1. The predicted molar refractivity (Wildman–Crippen MR) is 118 cm³/mol. The van der Waals surface area contributed by atoms with E-state index >= 15 is 0 Å². The Bertz CT molecular complexity index is 1130. The number of aryl methyl sites for hydroxylation is 1. The number of benzene rings is 2. The molecular weight excluding hydrogens is 409 g/mol. The van der Waals surface area contributed by atoms with E-state index in [2.05, 4.69) is 11.8 Å². The van der Waals surface area contributed by atoms with Crippen molar-refractivity contribution in [1.82, 2.24) is 9.47 Å². The van der Waals surface area contributed by atoms with Gasteiger partial charge in [-0.3, -0.25) is 9.59 Å². The highest BCUT2D eigenvalue weighted by Gasteiger charge is 2.22. The number of carbonyl (C=O) groups excluding carboxylic acids is 1. The average Bonchev–Trinajstić information content (AvgIpc) is 2.72. The minimum Gasteiger partial charge on any atom is -0.368 e. The van der Waals surface area contributed by atoms with E-state index in [9.17, 15) is 9.59 Å². The number of aromatic nitrogens is 1. The van der Waals surface area contributed by atoms with E-state index in [1.807, 2.05) is 27.7 Å². The van der Waals surface area contributed by atoms with Gasteiger partial charge in [-0.05, 0) is 42.8 Å². The van der Waals surface area contributed by atoms with E-state index in [0.717, 1.165) is 18.8 Å². The summed E-state index contributed by atoms with van der Waals surface area (Å²) >= 11 is 12.2. The molecule has 1 fully saturated rings. The van der Waals surface area contributed by atoms with Gasteiger partial charge in [-0.2, -0.15) is 0 Å². The minimum atomic E-state index is -0.100. The third kappa shape index (κ3) is 4.11. The smallest absolute Gasteiger partial charge is 0.242 e. The fraction of sp³-hybridized carbons (Fsp3) is 0.273. The second-order valence-electron chi connectivity index (χ2n) is 7.27. The van der Waals surface area contributed by atoms with Crippen molar-refractivity contribution < 1.29 is 4.79 Å². The highest BCUT2D eigenvalue weighted by atomic mass is 35.5. The minimum absolute atomic E-state index is 0.0346. The van der Waals surface area contributed by atoms with Gasteiger partial charge in [-0.25, -0.2) is 0 Å². The molecule has 0 aliphatic carbocycles. The van der Waals surface area contributed by atoms with Gasteiger partial charge in [0, 0.05) is 59.6 Å². The van der Waals surface area contributed by atoms with Crippen LogP contribution in [0.1, 0.15) is 5.56 Å². The molecule has 0 spiro atoms. The lowest BCUT2D eigenvalue weighted by molar-refractivity contribution is -0.132. The molecule has 0 saturated carbocycles. The van der Waals surface area contributed by atoms with Gasteiger partial charge in [0.15, 0.2) is 5.43 Å². The van der Waals surface area contributed by atoms with Crippen molar-refractivity contribution in [3.63, 3.8) is 0 Å². The molecule has 0 unspecified atom stereocenters. The van der Waals surface area contributed by atoms with Crippen LogP contribution in [0.2, 0.25) is 10.0 Å². The molecule has 1 aromatic heterocycles. The summed E-state index contributed by atoms with van der Waals surface area (Å²) in [5.41, 5.74) is 2.90. The molecule has 5 nitrogen and oxygen atoms in total. The van der Waals surface area contributed by atoms with Crippen molar-refractivity contribution in [1.29, 1.82) is 0 Å². The molecule has 3 aromatic rings. The van der Waals surface area contributed by atoms with Gasteiger partial charge in [0.1, 0.15) is 6.54 Å². The summed E-state index contributed by atoms with van der Waals surface area (Å²) in [6.07, 6.45) is 1.67. The van der Waals surface area contributed by atoms with Crippen molar-refractivity contribution in [2.75, 3.05) is 31.1 Å². The van der Waals surface area contributed by atoms with Crippen LogP contribution in [0.5, 0.6) is 0 Å². The number of hydrogen-bond donors (Lipinski definition) is 0. The molecule has 0 atom stereocenters. The number of rotatable bonds is 3. The van der Waals surface area contributed by atoms with Crippen LogP contribution in [0.3, 0.4) is 0 Å². The zero-order chi connectivity index (χ0) is 20.5. The maximum absolute atomic E-state index is 12.9. The van der Waals surface area contributed by atoms with Gasteiger partial charge in [0.2, 0.25) is 5.91 Å². The number of halogens is 2. The van der Waals surface area contributed by atoms with Gasteiger partial charge >= 0.3 is 0 Å². The van der Waals surface area contributed by atoms with Crippen molar-refractivity contribution in [2.24, 2.45) is 0 Å². The third-order valence-electron chi connectivity index (χ3n) is 5.39. The van der Waals surface area contributed by atoms with Crippen LogP contribution in [-0.2, 0) is 11.3 Å². The first-order chi connectivity index (χ1) is 13.9. The molecule has 7 heteroatoms. The first-order valence-corrected chi connectivity index (χ1v) is 10.3. The standard InChI is InChI=1S/C22H21Cl2N3O2/c1-15-2-3-17(24)13-20(15)25-8-10-26(11-9-25)22(29)14-27-7-6-21(28)18-12-16(23)4-5-19(18)27/h2-7,12-13H,8-11,14H2,1H3. The Morgan fingerprint density at radius 3 is 2.41 bits per heavy atom. The van der Waals surface area contributed by atoms with Crippen molar-refractivity contribution >= 4 is 45.7 Å². The summed E-state index contributed by atoms with van der Waals surface area (Å²) in [6.45, 7) is 5.07. The van der Waals surface area contributed by atoms with Gasteiger partial charge in [-0.15, -0.1) is 0 Å². The zero-order valence-corrected chi connectivity index (χ0v) is 17.6. The number of amides is 1. The lowest BCUT2D eigenvalue weighted by atomic mass is 10.1. The van der Waals surface area contributed by atoms with Crippen molar-refractivity contribution in [3.05, 3.63) is 74.5 Å². The molecule has 150 valence electrons. The summed E-state index contributed by atoms with van der Waals surface area (Å²) in [6, 6.07) is 12.5. The molecule has 2 heterocycles. The van der Waals surface area contributed by atoms with Gasteiger partial charge in [-0.1, -0.05) is 29.3 Å². The van der Waals surface area contributed by atoms with E-state index in [0.29, 0.717) is 34.0 Å². The molecule has 1 saturated heterocycles. The molecule has 1 aliphatic rings. The number of carbonyl (C=O) groups is 1. The van der Waals surface area contributed by atoms with Crippen LogP contribution >= 0.6 is 23.2 Å². The van der Waals surface area contributed by atoms with Gasteiger partial charge < -0.3 is 14.4 Å². The Kier molecular flexibility index (Phi) is 5.52. The van der Waals surface area contributed by atoms with Crippen LogP contribution in [0.15, 0.2) is 53.5 Å². The topological polar surface area (TPSA) is 45.5 Å². The van der Waals surface area contributed by atoms with Crippen LogP contribution in [0, 0.1) is 6.92 Å². The zero-order valence-electron chi connectivity index (χ0n) is 16.1. The normalized spacial score (nSPS) is 14.4. The predicted octanol–water partition coefficient (Wildman–Crippen LogP) is 3.97. The summed E-state index contributed by atoms with van der Waals surface area (Å²) < 4.78 is 1.81. The van der Waals surface area contributed by atoms with E-state index in [1.54, 1.807) is 24.4 Å². The lowest BCUT2D eigenvalue weighted by Crippen LogP contribution is -2.49. The van der Waals surface area contributed by atoms with Crippen LogP contribution in [-0.4, -0.2) is 41.6 Å². The number of nitrogens with zero attached hydrogens (tertiary/aromatic N) is 3. The van der Waals surface area contributed by atoms with Gasteiger partial charge in [0.25, 0.3) is 0 Å². The van der Waals surface area contributed by atoms with E-state index < -0.39 is 0 Å². The Hall–Kier alpha value is -2.50. The summed E-state index contributed by atoms with van der Waals surface area (Å²) in [7, 11) is 0. The Labute approximate surface area is 179 Å². The second-order valence-corrected chi connectivity index (χ2v) is 8.14. The van der Waals surface area contributed by atoms with Crippen LogP contribution in [0.25, 0.3) is 10.9 Å². The monoisotopic (exact) mass is 429 g/mol. The number of fused-ring (bicyclic) bond motifs is 1. The molecule has 1 aliphatic heterocycles. The average molecular weight is 430 g/mol. The molecule has 0 bridgehead atoms. The fourth-order valence-corrected chi connectivity index (χ4v) is 4.13. The first-order valence-electron chi connectivity index (χ1n) is 9.50. The molecule has 0 radical (unpaired) electrons. The molecular formula is C22H21Cl2N3O2. The highest BCUT2D eigenvalue weighted by Crippen LogP contribution is 2.25. The summed E-state index contributed by atoms with van der Waals surface area (Å²) in [5, 5.41) is 1.74. The highest BCUT2D eigenvalue weighted by molar-refractivity contribution is 6.31. The lowest BCUT2D eigenvalue weighted by Gasteiger charge is -2.37. The molecule has 2 aromatic carbocycles. The Balaban J connectivity index is 1.47. The number of pyridine rings is 1. The van der Waals surface area contributed by atoms with Crippen LogP contribution in [0.4, 0.5) is 5.69 Å².